The number of hydrogen-bond donors (Lipinski definition) is 0. The number of thiazole rings is 1. The van der Waals surface area contributed by atoms with Gasteiger partial charge in [0, 0.05) is 11.5 Å². The molecule has 0 radical (unpaired) electrons. The van der Waals surface area contributed by atoms with Crippen molar-refractivity contribution < 1.29 is 8.42 Å². The lowest BCUT2D eigenvalue weighted by Gasteiger charge is -2.23. The van der Waals surface area contributed by atoms with Crippen LogP contribution in [0.25, 0.3) is 10.2 Å². The van der Waals surface area contributed by atoms with E-state index in [2.05, 4.69) is 20.9 Å². The van der Waals surface area contributed by atoms with Crippen LogP contribution in [0.1, 0.15) is 18.0 Å². The maximum absolute atomic E-state index is 12.9. The molecule has 1 aromatic heterocycles. The third-order valence-corrected chi connectivity index (χ3v) is 7.85. The molecule has 7 heteroatoms. The fourth-order valence-corrected chi connectivity index (χ4v) is 5.66. The van der Waals surface area contributed by atoms with Crippen LogP contribution in [-0.4, -0.2) is 24.8 Å². The second kappa shape index (κ2) is 6.32. The van der Waals surface area contributed by atoms with Crippen LogP contribution >= 0.6 is 27.3 Å². The van der Waals surface area contributed by atoms with Gasteiger partial charge in [-0.2, -0.15) is 4.31 Å². The number of halogens is 1. The Bertz CT molecular complexity index is 920. The first kappa shape index (κ1) is 16.6. The first-order valence-electron chi connectivity index (χ1n) is 6.99. The summed E-state index contributed by atoms with van der Waals surface area (Å²) in [6.45, 7) is 1.85. The third kappa shape index (κ3) is 3.06. The van der Waals surface area contributed by atoms with Crippen molar-refractivity contribution in [1.82, 2.24) is 9.29 Å². The van der Waals surface area contributed by atoms with Crippen molar-refractivity contribution in [3.63, 3.8) is 0 Å². The Morgan fingerprint density at radius 1 is 1.13 bits per heavy atom. The molecule has 4 nitrogen and oxygen atoms in total. The van der Waals surface area contributed by atoms with Crippen LogP contribution in [0, 0.1) is 0 Å². The second-order valence-electron chi connectivity index (χ2n) is 5.15. The van der Waals surface area contributed by atoms with Gasteiger partial charge in [0.2, 0.25) is 10.0 Å². The van der Waals surface area contributed by atoms with Gasteiger partial charge in [0.1, 0.15) is 5.01 Å². The number of aromatic nitrogens is 1. The molecular formula is C16H15BrN2O2S2. The van der Waals surface area contributed by atoms with Gasteiger partial charge < -0.3 is 0 Å². The largest absolute Gasteiger partial charge is 0.244 e. The lowest BCUT2D eigenvalue weighted by Crippen LogP contribution is -2.30. The topological polar surface area (TPSA) is 50.3 Å². The molecule has 0 bridgehead atoms. The standard InChI is InChI=1S/C16H15BrN2O2S2/c1-11(16-18-13-8-4-5-9-14(13)22-16)19(2)23(20,21)15-10-6-3-7-12(15)17/h3-11H,1-2H3/t11-/m1/s1. The molecule has 0 aliphatic heterocycles. The summed E-state index contributed by atoms with van der Waals surface area (Å²) in [4.78, 5) is 4.82. The molecule has 0 unspecified atom stereocenters. The van der Waals surface area contributed by atoms with Gasteiger partial charge in [0.05, 0.1) is 21.2 Å². The summed E-state index contributed by atoms with van der Waals surface area (Å²) in [6.07, 6.45) is 0. The van der Waals surface area contributed by atoms with Gasteiger partial charge in [-0.25, -0.2) is 13.4 Å². The van der Waals surface area contributed by atoms with E-state index in [0.717, 1.165) is 15.2 Å². The summed E-state index contributed by atoms with van der Waals surface area (Å²) in [6, 6.07) is 14.3. The van der Waals surface area contributed by atoms with E-state index in [4.69, 9.17) is 0 Å². The average Bonchev–Trinajstić information content (AvgIpc) is 2.97. The smallest absolute Gasteiger partial charge is 0.239 e. The van der Waals surface area contributed by atoms with Crippen molar-refractivity contribution in [2.45, 2.75) is 17.9 Å². The van der Waals surface area contributed by atoms with Crippen molar-refractivity contribution in [2.24, 2.45) is 0 Å². The highest BCUT2D eigenvalue weighted by molar-refractivity contribution is 9.10. The number of rotatable bonds is 4. The van der Waals surface area contributed by atoms with Crippen molar-refractivity contribution in [1.29, 1.82) is 0 Å². The Labute approximate surface area is 148 Å². The Hall–Kier alpha value is -1.28. The van der Waals surface area contributed by atoms with Gasteiger partial charge >= 0.3 is 0 Å². The minimum Gasteiger partial charge on any atom is -0.239 e. The van der Waals surface area contributed by atoms with Crippen LogP contribution < -0.4 is 0 Å². The molecule has 1 atom stereocenters. The zero-order valence-corrected chi connectivity index (χ0v) is 15.8. The van der Waals surface area contributed by atoms with Gasteiger partial charge in [0.15, 0.2) is 0 Å². The molecule has 0 saturated heterocycles. The minimum absolute atomic E-state index is 0.260. The zero-order valence-electron chi connectivity index (χ0n) is 12.6. The Kier molecular flexibility index (Phi) is 4.55. The third-order valence-electron chi connectivity index (χ3n) is 3.71. The maximum Gasteiger partial charge on any atom is 0.244 e. The van der Waals surface area contributed by atoms with E-state index in [9.17, 15) is 8.42 Å². The fraction of sp³-hybridized carbons (Fsp3) is 0.188. The zero-order chi connectivity index (χ0) is 16.6. The molecule has 3 rings (SSSR count). The molecule has 0 saturated carbocycles. The second-order valence-corrected chi connectivity index (χ2v) is 9.03. The van der Waals surface area contributed by atoms with Gasteiger partial charge in [-0.1, -0.05) is 24.3 Å². The molecule has 3 aromatic rings. The highest BCUT2D eigenvalue weighted by atomic mass is 79.9. The van der Waals surface area contributed by atoms with Crippen LogP contribution in [-0.2, 0) is 10.0 Å². The van der Waals surface area contributed by atoms with Crippen molar-refractivity contribution in [3.8, 4) is 0 Å². The number of benzene rings is 2. The van der Waals surface area contributed by atoms with Crippen LogP contribution in [0.5, 0.6) is 0 Å². The van der Waals surface area contributed by atoms with Gasteiger partial charge in [-0.05, 0) is 47.1 Å². The highest BCUT2D eigenvalue weighted by Gasteiger charge is 2.29. The number of para-hydroxylation sites is 1. The number of sulfonamides is 1. The number of hydrogen-bond acceptors (Lipinski definition) is 4. The Morgan fingerprint density at radius 3 is 2.48 bits per heavy atom. The minimum atomic E-state index is -3.60. The summed E-state index contributed by atoms with van der Waals surface area (Å²) >= 11 is 4.84. The van der Waals surface area contributed by atoms with Gasteiger partial charge in [-0.15, -0.1) is 11.3 Å². The number of fused-ring (bicyclic) bond motifs is 1. The van der Waals surface area contributed by atoms with E-state index in [-0.39, 0.29) is 10.9 Å². The first-order valence-corrected chi connectivity index (χ1v) is 10.0. The molecule has 0 aliphatic carbocycles. The fourth-order valence-electron chi connectivity index (χ4n) is 2.24. The molecule has 0 amide bonds. The summed E-state index contributed by atoms with van der Waals surface area (Å²) in [5.41, 5.74) is 0.894. The predicted octanol–water partition coefficient (Wildman–Crippen LogP) is 4.44. The van der Waals surface area contributed by atoms with E-state index >= 15 is 0 Å². The summed E-state index contributed by atoms with van der Waals surface area (Å²) in [7, 11) is -2.01. The van der Waals surface area contributed by atoms with Crippen LogP contribution in [0.3, 0.4) is 0 Å². The highest BCUT2D eigenvalue weighted by Crippen LogP contribution is 2.33. The van der Waals surface area contributed by atoms with E-state index in [1.165, 1.54) is 15.6 Å². The molecular weight excluding hydrogens is 396 g/mol. The molecule has 0 aliphatic rings. The average molecular weight is 411 g/mol. The van der Waals surface area contributed by atoms with Crippen molar-refractivity contribution >= 4 is 47.5 Å². The first-order chi connectivity index (χ1) is 10.9. The van der Waals surface area contributed by atoms with Gasteiger partial charge in [0.25, 0.3) is 0 Å². The Morgan fingerprint density at radius 2 is 1.78 bits per heavy atom. The lowest BCUT2D eigenvalue weighted by atomic mass is 10.3. The van der Waals surface area contributed by atoms with Crippen molar-refractivity contribution in [3.05, 3.63) is 58.0 Å². The molecule has 1 heterocycles. The molecule has 120 valence electrons. The summed E-state index contributed by atoms with van der Waals surface area (Å²) < 4.78 is 28.7. The summed E-state index contributed by atoms with van der Waals surface area (Å²) in [5.74, 6) is 0. The SMILES string of the molecule is C[C@H](c1nc2ccccc2s1)N(C)S(=O)(=O)c1ccccc1Br. The van der Waals surface area contributed by atoms with E-state index in [0.29, 0.717) is 4.47 Å². The van der Waals surface area contributed by atoms with E-state index < -0.39 is 10.0 Å². The monoisotopic (exact) mass is 410 g/mol. The normalized spacial score (nSPS) is 13.6. The van der Waals surface area contributed by atoms with Crippen LogP contribution in [0.15, 0.2) is 57.9 Å². The quantitative estimate of drug-likeness (QED) is 0.638. The molecule has 23 heavy (non-hydrogen) atoms. The van der Waals surface area contributed by atoms with E-state index in [1.807, 2.05) is 31.2 Å². The van der Waals surface area contributed by atoms with Crippen LogP contribution in [0.2, 0.25) is 0 Å². The molecule has 0 N–H and O–H groups in total. The van der Waals surface area contributed by atoms with E-state index in [1.54, 1.807) is 31.3 Å². The van der Waals surface area contributed by atoms with Crippen molar-refractivity contribution in [2.75, 3.05) is 7.05 Å². The molecule has 0 fully saturated rings. The lowest BCUT2D eigenvalue weighted by molar-refractivity contribution is 0.397. The maximum atomic E-state index is 12.9. The number of nitrogens with zero attached hydrogens (tertiary/aromatic N) is 2. The summed E-state index contributed by atoms with van der Waals surface area (Å²) in [5, 5.41) is 0.782. The molecule has 0 spiro atoms. The Balaban J connectivity index is 1.98. The van der Waals surface area contributed by atoms with Crippen LogP contribution in [0.4, 0.5) is 0 Å². The predicted molar refractivity (Wildman–Crippen MR) is 97.1 cm³/mol. The van der Waals surface area contributed by atoms with Gasteiger partial charge in [-0.3, -0.25) is 0 Å². The molecule has 2 aromatic carbocycles.